The summed E-state index contributed by atoms with van der Waals surface area (Å²) in [6.07, 6.45) is 0. The molecule has 1 heterocycles. The van der Waals surface area contributed by atoms with E-state index >= 15 is 0 Å². The highest BCUT2D eigenvalue weighted by atomic mass is 15.4. The zero-order valence-electron chi connectivity index (χ0n) is 13.8. The maximum atomic E-state index is 2.38. The number of para-hydroxylation sites is 2. The van der Waals surface area contributed by atoms with Crippen molar-refractivity contribution in [3.63, 3.8) is 0 Å². The van der Waals surface area contributed by atoms with E-state index in [4.69, 9.17) is 0 Å². The second-order valence-electron chi connectivity index (χ2n) is 6.36. The molecule has 0 N–H and O–H groups in total. The Morgan fingerprint density at radius 3 is 1.32 bits per heavy atom. The van der Waals surface area contributed by atoms with Crippen LogP contribution in [0.3, 0.4) is 0 Å². The Hall–Kier alpha value is -3.26. The number of anilines is 4. The molecule has 120 valence electrons. The highest BCUT2D eigenvalue weighted by molar-refractivity contribution is 5.98. The van der Waals surface area contributed by atoms with Crippen molar-refractivity contribution in [3.8, 4) is 0 Å². The van der Waals surface area contributed by atoms with Gasteiger partial charge in [-0.05, 0) is 47.2 Å². The molecular weight excluding hydrogens is 304 g/mol. The summed E-state index contributed by atoms with van der Waals surface area (Å²) in [7, 11) is 0. The fraction of sp³-hybridized carbons (Fsp3) is 0.0435. The van der Waals surface area contributed by atoms with E-state index in [9.17, 15) is 0 Å². The molecule has 4 aromatic carbocycles. The molecule has 0 unspecified atom stereocenters. The number of benzene rings is 4. The monoisotopic (exact) mass is 322 g/mol. The SMILES string of the molecule is c1ccc(N2CN(c3ccccc3)c3cc4ccccc4cc32)cc1. The number of nitrogens with zero attached hydrogens (tertiary/aromatic N) is 2. The van der Waals surface area contributed by atoms with Crippen LogP contribution in [0.25, 0.3) is 10.8 Å². The third kappa shape index (κ3) is 2.34. The van der Waals surface area contributed by atoms with Gasteiger partial charge in [0.25, 0.3) is 0 Å². The van der Waals surface area contributed by atoms with Crippen LogP contribution in [0, 0.1) is 0 Å². The van der Waals surface area contributed by atoms with Gasteiger partial charge in [0.05, 0.1) is 11.4 Å². The third-order valence-electron chi connectivity index (χ3n) is 4.84. The van der Waals surface area contributed by atoms with E-state index < -0.39 is 0 Å². The van der Waals surface area contributed by atoms with E-state index in [0.717, 1.165) is 6.67 Å². The number of fused-ring (bicyclic) bond motifs is 2. The lowest BCUT2D eigenvalue weighted by Crippen LogP contribution is -2.23. The molecule has 2 nitrogen and oxygen atoms in total. The third-order valence-corrected chi connectivity index (χ3v) is 4.84. The molecule has 0 amide bonds. The van der Waals surface area contributed by atoms with Gasteiger partial charge in [-0.2, -0.15) is 0 Å². The van der Waals surface area contributed by atoms with Crippen LogP contribution in [-0.2, 0) is 0 Å². The predicted molar refractivity (Wildman–Crippen MR) is 106 cm³/mol. The molecule has 25 heavy (non-hydrogen) atoms. The maximum Gasteiger partial charge on any atom is 0.100 e. The van der Waals surface area contributed by atoms with Gasteiger partial charge in [0.1, 0.15) is 6.67 Å². The summed E-state index contributed by atoms with van der Waals surface area (Å²) in [5.74, 6) is 0. The van der Waals surface area contributed by atoms with Gasteiger partial charge in [0.2, 0.25) is 0 Å². The number of hydrogen-bond acceptors (Lipinski definition) is 2. The maximum absolute atomic E-state index is 2.38. The Morgan fingerprint density at radius 2 is 0.880 bits per heavy atom. The van der Waals surface area contributed by atoms with Crippen LogP contribution in [-0.4, -0.2) is 6.67 Å². The first kappa shape index (κ1) is 14.1. The molecule has 1 aliphatic heterocycles. The van der Waals surface area contributed by atoms with Crippen LogP contribution in [0.1, 0.15) is 0 Å². The van der Waals surface area contributed by atoms with Gasteiger partial charge in [-0.25, -0.2) is 0 Å². The van der Waals surface area contributed by atoms with Gasteiger partial charge >= 0.3 is 0 Å². The first-order chi connectivity index (χ1) is 12.4. The van der Waals surface area contributed by atoms with Gasteiger partial charge in [0, 0.05) is 11.4 Å². The van der Waals surface area contributed by atoms with Crippen LogP contribution in [0.2, 0.25) is 0 Å². The van der Waals surface area contributed by atoms with Crippen molar-refractivity contribution in [2.75, 3.05) is 16.5 Å². The molecule has 5 rings (SSSR count). The van der Waals surface area contributed by atoms with Crippen LogP contribution < -0.4 is 9.80 Å². The fourth-order valence-corrected chi connectivity index (χ4v) is 3.60. The summed E-state index contributed by atoms with van der Waals surface area (Å²) in [6, 6.07) is 34.4. The van der Waals surface area contributed by atoms with Crippen LogP contribution >= 0.6 is 0 Å². The predicted octanol–water partition coefficient (Wildman–Crippen LogP) is 6.09. The molecular formula is C23H18N2. The van der Waals surface area contributed by atoms with Crippen LogP contribution in [0.4, 0.5) is 22.7 Å². The second kappa shape index (κ2) is 5.67. The van der Waals surface area contributed by atoms with Crippen molar-refractivity contribution in [2.24, 2.45) is 0 Å². The minimum absolute atomic E-state index is 0.819. The molecule has 0 fully saturated rings. The van der Waals surface area contributed by atoms with Crippen molar-refractivity contribution >= 4 is 33.5 Å². The lowest BCUT2D eigenvalue weighted by Gasteiger charge is -2.22. The molecule has 0 saturated carbocycles. The van der Waals surface area contributed by atoms with Gasteiger partial charge in [-0.1, -0.05) is 60.7 Å². The topological polar surface area (TPSA) is 6.48 Å². The molecule has 4 aromatic rings. The van der Waals surface area contributed by atoms with E-state index in [1.807, 2.05) is 0 Å². The molecule has 1 aliphatic rings. The zero-order chi connectivity index (χ0) is 16.6. The van der Waals surface area contributed by atoms with Gasteiger partial charge < -0.3 is 9.80 Å². The molecule has 2 heteroatoms. The molecule has 0 aromatic heterocycles. The Labute approximate surface area is 147 Å². The lowest BCUT2D eigenvalue weighted by molar-refractivity contribution is 0.991. The summed E-state index contributed by atoms with van der Waals surface area (Å²) < 4.78 is 0. The quantitative estimate of drug-likeness (QED) is 0.441. The van der Waals surface area contributed by atoms with Gasteiger partial charge in [-0.15, -0.1) is 0 Å². The first-order valence-electron chi connectivity index (χ1n) is 8.58. The Bertz CT molecular complexity index is 942. The van der Waals surface area contributed by atoms with Crippen molar-refractivity contribution in [1.29, 1.82) is 0 Å². The van der Waals surface area contributed by atoms with Crippen molar-refractivity contribution < 1.29 is 0 Å². The summed E-state index contributed by atoms with van der Waals surface area (Å²) in [6.45, 7) is 0.819. The van der Waals surface area contributed by atoms with Gasteiger partial charge in [-0.3, -0.25) is 0 Å². The minimum Gasteiger partial charge on any atom is -0.321 e. The average molecular weight is 322 g/mol. The highest BCUT2D eigenvalue weighted by Gasteiger charge is 2.28. The van der Waals surface area contributed by atoms with E-state index in [-0.39, 0.29) is 0 Å². The fourth-order valence-electron chi connectivity index (χ4n) is 3.60. The van der Waals surface area contributed by atoms with E-state index in [0.29, 0.717) is 0 Å². The number of hydrogen-bond donors (Lipinski definition) is 0. The van der Waals surface area contributed by atoms with E-state index in [2.05, 4.69) is 107 Å². The molecule has 0 aliphatic carbocycles. The summed E-state index contributed by atoms with van der Waals surface area (Å²) in [4.78, 5) is 4.77. The van der Waals surface area contributed by atoms with E-state index in [1.54, 1.807) is 0 Å². The Balaban J connectivity index is 1.72. The van der Waals surface area contributed by atoms with Crippen molar-refractivity contribution in [1.82, 2.24) is 0 Å². The van der Waals surface area contributed by atoms with Crippen molar-refractivity contribution in [2.45, 2.75) is 0 Å². The van der Waals surface area contributed by atoms with Crippen LogP contribution in [0.15, 0.2) is 97.1 Å². The lowest BCUT2D eigenvalue weighted by atomic mass is 10.1. The van der Waals surface area contributed by atoms with Crippen molar-refractivity contribution in [3.05, 3.63) is 97.1 Å². The van der Waals surface area contributed by atoms with E-state index in [1.165, 1.54) is 33.5 Å². The normalized spacial score (nSPS) is 13.3. The summed E-state index contributed by atoms with van der Waals surface area (Å²) >= 11 is 0. The molecule has 0 radical (unpaired) electrons. The largest absolute Gasteiger partial charge is 0.321 e. The molecule has 0 atom stereocenters. The minimum atomic E-state index is 0.819. The molecule has 0 spiro atoms. The molecule has 0 saturated heterocycles. The van der Waals surface area contributed by atoms with Gasteiger partial charge in [0.15, 0.2) is 0 Å². The summed E-state index contributed by atoms with van der Waals surface area (Å²) in [5.41, 5.74) is 4.96. The highest BCUT2D eigenvalue weighted by Crippen LogP contribution is 2.45. The summed E-state index contributed by atoms with van der Waals surface area (Å²) in [5, 5.41) is 2.55. The number of rotatable bonds is 2. The average Bonchev–Trinajstić information content (AvgIpc) is 3.06. The Kier molecular flexibility index (Phi) is 3.20. The second-order valence-corrected chi connectivity index (χ2v) is 6.36. The zero-order valence-corrected chi connectivity index (χ0v) is 13.8. The smallest absolute Gasteiger partial charge is 0.100 e. The standard InChI is InChI=1S/C23H18N2/c1-3-11-20(12-4-1)24-17-25(21-13-5-2-6-14-21)23-16-19-10-8-7-9-18(19)15-22(23)24/h1-16H,17H2. The Morgan fingerprint density at radius 1 is 0.480 bits per heavy atom. The molecule has 0 bridgehead atoms. The first-order valence-corrected chi connectivity index (χ1v) is 8.58. The van der Waals surface area contributed by atoms with Crippen LogP contribution in [0.5, 0.6) is 0 Å².